The molecule has 1 aromatic carbocycles. The Kier molecular flexibility index (Phi) is 4.11. The SMILES string of the molecule is CSCc1c(C(=O)O[C@H]2C[C@H](C)OC2=O)oc2ccccc12. The third kappa shape index (κ3) is 2.70. The maximum atomic E-state index is 12.4. The van der Waals surface area contributed by atoms with Crippen LogP contribution in [0.15, 0.2) is 28.7 Å². The standard InChI is InChI=1S/C16H16O5S/c1-9-7-13(15(17)19-9)21-16(18)14-11(8-22-2)10-5-3-4-6-12(10)20-14/h3-6,9,13H,7-8H2,1-2H3/t9-,13-/m0/s1. The molecular weight excluding hydrogens is 304 g/mol. The van der Waals surface area contributed by atoms with Crippen molar-refractivity contribution in [2.75, 3.05) is 6.26 Å². The normalized spacial score (nSPS) is 21.1. The molecule has 1 aromatic heterocycles. The van der Waals surface area contributed by atoms with Crippen LogP contribution in [0.3, 0.4) is 0 Å². The van der Waals surface area contributed by atoms with Gasteiger partial charge >= 0.3 is 11.9 Å². The minimum atomic E-state index is -0.849. The molecule has 22 heavy (non-hydrogen) atoms. The number of rotatable bonds is 4. The van der Waals surface area contributed by atoms with E-state index in [4.69, 9.17) is 13.9 Å². The zero-order chi connectivity index (χ0) is 15.7. The molecular formula is C16H16O5S. The predicted molar refractivity (Wildman–Crippen MR) is 82.8 cm³/mol. The van der Waals surface area contributed by atoms with Crippen molar-refractivity contribution in [3.05, 3.63) is 35.6 Å². The Labute approximate surface area is 131 Å². The molecule has 0 spiro atoms. The lowest BCUT2D eigenvalue weighted by Crippen LogP contribution is -2.23. The molecule has 2 atom stereocenters. The maximum Gasteiger partial charge on any atom is 0.375 e. The predicted octanol–water partition coefficient (Wildman–Crippen LogP) is 3.16. The summed E-state index contributed by atoms with van der Waals surface area (Å²) < 4.78 is 15.9. The lowest BCUT2D eigenvalue weighted by atomic mass is 10.1. The number of thioether (sulfide) groups is 1. The fraction of sp³-hybridized carbons (Fsp3) is 0.375. The van der Waals surface area contributed by atoms with Gasteiger partial charge in [0.25, 0.3) is 0 Å². The molecule has 0 radical (unpaired) electrons. The largest absolute Gasteiger partial charge is 0.460 e. The van der Waals surface area contributed by atoms with Gasteiger partial charge in [-0.1, -0.05) is 18.2 Å². The molecule has 0 N–H and O–H groups in total. The first-order chi connectivity index (χ1) is 10.6. The van der Waals surface area contributed by atoms with Crippen molar-refractivity contribution < 1.29 is 23.5 Å². The van der Waals surface area contributed by atoms with Gasteiger partial charge in [-0.2, -0.15) is 11.8 Å². The number of hydrogen-bond donors (Lipinski definition) is 0. The molecule has 1 saturated heterocycles. The smallest absolute Gasteiger partial charge is 0.375 e. The van der Waals surface area contributed by atoms with Crippen LogP contribution in [0.2, 0.25) is 0 Å². The Morgan fingerprint density at radius 3 is 2.86 bits per heavy atom. The van der Waals surface area contributed by atoms with Crippen molar-refractivity contribution in [3.8, 4) is 0 Å². The molecule has 0 saturated carbocycles. The van der Waals surface area contributed by atoms with E-state index in [2.05, 4.69) is 0 Å². The zero-order valence-electron chi connectivity index (χ0n) is 12.3. The van der Waals surface area contributed by atoms with Crippen molar-refractivity contribution in [3.63, 3.8) is 0 Å². The van der Waals surface area contributed by atoms with Gasteiger partial charge in [0.15, 0.2) is 0 Å². The Morgan fingerprint density at radius 1 is 1.41 bits per heavy atom. The van der Waals surface area contributed by atoms with Crippen LogP contribution < -0.4 is 0 Å². The van der Waals surface area contributed by atoms with Crippen LogP contribution in [-0.2, 0) is 20.0 Å². The number of furan rings is 1. The van der Waals surface area contributed by atoms with E-state index in [0.717, 1.165) is 10.9 Å². The van der Waals surface area contributed by atoms with Crippen LogP contribution in [0.1, 0.15) is 29.5 Å². The second-order valence-electron chi connectivity index (χ2n) is 5.22. The maximum absolute atomic E-state index is 12.4. The molecule has 1 aliphatic heterocycles. The highest BCUT2D eigenvalue weighted by atomic mass is 32.2. The molecule has 0 aliphatic carbocycles. The molecule has 1 fully saturated rings. The topological polar surface area (TPSA) is 65.7 Å². The summed E-state index contributed by atoms with van der Waals surface area (Å²) in [4.78, 5) is 24.0. The number of fused-ring (bicyclic) bond motifs is 1. The first-order valence-electron chi connectivity index (χ1n) is 7.01. The van der Waals surface area contributed by atoms with E-state index in [9.17, 15) is 9.59 Å². The van der Waals surface area contributed by atoms with Gasteiger partial charge in [-0.15, -0.1) is 0 Å². The number of carbonyl (C=O) groups is 2. The van der Waals surface area contributed by atoms with E-state index >= 15 is 0 Å². The number of cyclic esters (lactones) is 1. The van der Waals surface area contributed by atoms with E-state index in [1.807, 2.05) is 30.5 Å². The monoisotopic (exact) mass is 320 g/mol. The lowest BCUT2D eigenvalue weighted by Gasteiger charge is -2.07. The molecule has 5 nitrogen and oxygen atoms in total. The average Bonchev–Trinajstić information content (AvgIpc) is 3.00. The van der Waals surface area contributed by atoms with Crippen molar-refractivity contribution >= 4 is 34.7 Å². The summed E-state index contributed by atoms with van der Waals surface area (Å²) >= 11 is 1.59. The lowest BCUT2D eigenvalue weighted by molar-refractivity contribution is -0.147. The van der Waals surface area contributed by atoms with E-state index in [-0.39, 0.29) is 11.9 Å². The van der Waals surface area contributed by atoms with Crippen LogP contribution in [-0.4, -0.2) is 30.4 Å². The fourth-order valence-corrected chi connectivity index (χ4v) is 3.13. The van der Waals surface area contributed by atoms with E-state index in [1.54, 1.807) is 18.7 Å². The van der Waals surface area contributed by atoms with Crippen LogP contribution >= 0.6 is 11.8 Å². The molecule has 1 aliphatic rings. The Bertz CT molecular complexity index is 720. The van der Waals surface area contributed by atoms with E-state index in [0.29, 0.717) is 17.8 Å². The van der Waals surface area contributed by atoms with Gasteiger partial charge in [0.05, 0.1) is 0 Å². The molecule has 3 rings (SSSR count). The summed E-state index contributed by atoms with van der Waals surface area (Å²) in [7, 11) is 0. The number of benzene rings is 1. The van der Waals surface area contributed by atoms with Crippen molar-refractivity contribution in [2.24, 2.45) is 0 Å². The highest BCUT2D eigenvalue weighted by Crippen LogP contribution is 2.30. The third-order valence-corrected chi connectivity index (χ3v) is 4.13. The summed E-state index contributed by atoms with van der Waals surface area (Å²) in [5.41, 5.74) is 1.44. The number of para-hydroxylation sites is 1. The Hall–Kier alpha value is -1.95. The number of ether oxygens (including phenoxy) is 2. The Morgan fingerprint density at radius 2 is 2.18 bits per heavy atom. The van der Waals surface area contributed by atoms with Crippen LogP contribution in [0.5, 0.6) is 0 Å². The Balaban J connectivity index is 1.90. The third-order valence-electron chi connectivity index (χ3n) is 3.55. The number of hydrogen-bond acceptors (Lipinski definition) is 6. The first kappa shape index (κ1) is 15.0. The molecule has 116 valence electrons. The second-order valence-corrected chi connectivity index (χ2v) is 6.08. The summed E-state index contributed by atoms with van der Waals surface area (Å²) in [5.74, 6) is -0.310. The molecule has 2 aromatic rings. The summed E-state index contributed by atoms with van der Waals surface area (Å²) in [6, 6.07) is 7.46. The number of esters is 2. The van der Waals surface area contributed by atoms with Gasteiger partial charge < -0.3 is 13.9 Å². The molecule has 0 unspecified atom stereocenters. The van der Waals surface area contributed by atoms with Gasteiger partial charge in [-0.3, -0.25) is 0 Å². The molecule has 0 bridgehead atoms. The van der Waals surface area contributed by atoms with Gasteiger partial charge in [-0.25, -0.2) is 9.59 Å². The van der Waals surface area contributed by atoms with Gasteiger partial charge in [0.1, 0.15) is 11.7 Å². The van der Waals surface area contributed by atoms with Crippen LogP contribution in [0, 0.1) is 0 Å². The van der Waals surface area contributed by atoms with Crippen molar-refractivity contribution in [1.29, 1.82) is 0 Å². The molecule has 2 heterocycles. The quantitative estimate of drug-likeness (QED) is 0.806. The molecule has 6 heteroatoms. The molecule has 0 amide bonds. The average molecular weight is 320 g/mol. The van der Waals surface area contributed by atoms with E-state index in [1.165, 1.54) is 0 Å². The fourth-order valence-electron chi connectivity index (χ4n) is 2.55. The zero-order valence-corrected chi connectivity index (χ0v) is 13.1. The minimum absolute atomic E-state index is 0.169. The second kappa shape index (κ2) is 6.04. The van der Waals surface area contributed by atoms with Crippen LogP contribution in [0.4, 0.5) is 0 Å². The minimum Gasteiger partial charge on any atom is -0.460 e. The highest BCUT2D eigenvalue weighted by Gasteiger charge is 2.36. The summed E-state index contributed by atoms with van der Waals surface area (Å²) in [6.45, 7) is 1.77. The van der Waals surface area contributed by atoms with Gasteiger partial charge in [0.2, 0.25) is 11.9 Å². The van der Waals surface area contributed by atoms with Gasteiger partial charge in [0, 0.05) is 23.1 Å². The highest BCUT2D eigenvalue weighted by molar-refractivity contribution is 7.97. The van der Waals surface area contributed by atoms with Crippen molar-refractivity contribution in [2.45, 2.75) is 31.3 Å². The first-order valence-corrected chi connectivity index (χ1v) is 8.40. The van der Waals surface area contributed by atoms with Crippen LogP contribution in [0.25, 0.3) is 11.0 Å². The van der Waals surface area contributed by atoms with E-state index < -0.39 is 18.0 Å². The number of carbonyl (C=O) groups excluding carboxylic acids is 2. The van der Waals surface area contributed by atoms with Gasteiger partial charge in [-0.05, 0) is 19.2 Å². The van der Waals surface area contributed by atoms with Crippen molar-refractivity contribution in [1.82, 2.24) is 0 Å². The summed E-state index contributed by atoms with van der Waals surface area (Å²) in [5, 5.41) is 0.895. The summed E-state index contributed by atoms with van der Waals surface area (Å²) in [6.07, 6.45) is 1.25.